The second-order valence-electron chi connectivity index (χ2n) is 6.04. The fourth-order valence-electron chi connectivity index (χ4n) is 3.11. The molecule has 2 aliphatic rings. The average molecular weight is 393 g/mol. The Morgan fingerprint density at radius 1 is 1.22 bits per heavy atom. The Labute approximate surface area is 157 Å². The summed E-state index contributed by atoms with van der Waals surface area (Å²) in [5, 5.41) is -0.570. The molecule has 1 aromatic carbocycles. The normalized spacial score (nSPS) is 15.9. The number of rotatable bonds is 1. The quantitative estimate of drug-likeness (QED) is 0.676. The zero-order valence-electron chi connectivity index (χ0n) is 13.7. The first kappa shape index (κ1) is 17.5. The smallest absolute Gasteiger partial charge is 0.346 e. The van der Waals surface area contributed by atoms with Crippen LogP contribution in [0.4, 0.5) is 18.9 Å². The number of fused-ring (bicyclic) bond motifs is 2. The van der Waals surface area contributed by atoms with Gasteiger partial charge in [0.15, 0.2) is 5.69 Å². The summed E-state index contributed by atoms with van der Waals surface area (Å²) in [6, 6.07) is 7.08. The number of anilines is 1. The van der Waals surface area contributed by atoms with Crippen LogP contribution in [-0.2, 0) is 12.7 Å². The van der Waals surface area contributed by atoms with Gasteiger partial charge in [0.2, 0.25) is 5.28 Å². The number of benzene rings is 1. The van der Waals surface area contributed by atoms with Crippen LogP contribution in [0.1, 0.15) is 28.0 Å². The molecule has 2 aliphatic heterocycles. The number of halogens is 4. The Kier molecular flexibility index (Phi) is 4.15. The lowest BCUT2D eigenvalue weighted by Crippen LogP contribution is -2.29. The molecule has 4 rings (SSSR count). The number of hydrogen-bond donors (Lipinski definition) is 0. The topological polar surface area (TPSA) is 49.3 Å². The van der Waals surface area contributed by atoms with E-state index in [1.807, 2.05) is 29.3 Å². The van der Waals surface area contributed by atoms with Crippen molar-refractivity contribution < 1.29 is 18.0 Å². The highest BCUT2D eigenvalue weighted by molar-refractivity contribution is 6.28. The van der Waals surface area contributed by atoms with E-state index >= 15 is 0 Å². The molecule has 0 spiro atoms. The van der Waals surface area contributed by atoms with Gasteiger partial charge in [0, 0.05) is 37.3 Å². The SMILES string of the molecule is O=C(c1cnc(Cl)nc1C(F)(F)F)N1C=C2CC=CN2Cc2ccccc21. The fraction of sp³-hybridized carbons (Fsp3) is 0.167. The first-order chi connectivity index (χ1) is 12.8. The lowest BCUT2D eigenvalue weighted by atomic mass is 10.1. The van der Waals surface area contributed by atoms with E-state index in [1.165, 1.54) is 4.90 Å². The Bertz CT molecular complexity index is 987. The molecule has 0 fully saturated rings. The standard InChI is InChI=1S/C18H12ClF3N4O/c19-17-23-8-13(15(24-17)18(20,21)22)16(27)26-10-12-5-3-7-25(12)9-11-4-1-2-6-14(11)26/h1-4,6-8,10H,5,9H2. The molecule has 0 unspecified atom stereocenters. The zero-order valence-corrected chi connectivity index (χ0v) is 14.5. The third-order valence-corrected chi connectivity index (χ3v) is 4.51. The molecule has 0 bridgehead atoms. The van der Waals surface area contributed by atoms with Crippen LogP contribution in [0, 0.1) is 0 Å². The van der Waals surface area contributed by atoms with E-state index in [1.54, 1.807) is 18.3 Å². The highest BCUT2D eigenvalue weighted by atomic mass is 35.5. The van der Waals surface area contributed by atoms with Crippen molar-refractivity contribution in [3.8, 4) is 0 Å². The van der Waals surface area contributed by atoms with Crippen molar-refractivity contribution in [3.63, 3.8) is 0 Å². The lowest BCUT2D eigenvalue weighted by Gasteiger charge is -2.21. The summed E-state index contributed by atoms with van der Waals surface area (Å²) in [5.41, 5.74) is 0.128. The van der Waals surface area contributed by atoms with Crippen molar-refractivity contribution in [1.29, 1.82) is 0 Å². The third-order valence-electron chi connectivity index (χ3n) is 4.33. The van der Waals surface area contributed by atoms with Crippen LogP contribution in [0.5, 0.6) is 0 Å². The van der Waals surface area contributed by atoms with Gasteiger partial charge >= 0.3 is 6.18 Å². The van der Waals surface area contributed by atoms with Crippen LogP contribution in [-0.4, -0.2) is 20.8 Å². The highest BCUT2D eigenvalue weighted by Gasteiger charge is 2.39. The molecule has 9 heteroatoms. The molecule has 1 aromatic heterocycles. The molecule has 27 heavy (non-hydrogen) atoms. The number of amides is 1. The second kappa shape index (κ2) is 6.38. The van der Waals surface area contributed by atoms with Crippen molar-refractivity contribution in [2.24, 2.45) is 0 Å². The van der Waals surface area contributed by atoms with Crippen molar-refractivity contribution in [2.75, 3.05) is 4.90 Å². The predicted molar refractivity (Wildman–Crippen MR) is 92.7 cm³/mol. The average Bonchev–Trinajstić information content (AvgIpc) is 2.99. The van der Waals surface area contributed by atoms with Crippen LogP contribution < -0.4 is 4.90 Å². The zero-order chi connectivity index (χ0) is 19.2. The molecule has 5 nitrogen and oxygen atoms in total. The molecule has 0 saturated carbocycles. The van der Waals surface area contributed by atoms with Gasteiger partial charge < -0.3 is 4.90 Å². The summed E-state index contributed by atoms with van der Waals surface area (Å²) < 4.78 is 40.2. The number of hydrogen-bond acceptors (Lipinski definition) is 4. The van der Waals surface area contributed by atoms with Crippen LogP contribution in [0.3, 0.4) is 0 Å². The minimum Gasteiger partial charge on any atom is -0.346 e. The highest BCUT2D eigenvalue weighted by Crippen LogP contribution is 2.35. The Balaban J connectivity index is 1.85. The number of alkyl halides is 3. The number of carbonyl (C=O) groups excluding carboxylic acids is 1. The summed E-state index contributed by atoms with van der Waals surface area (Å²) in [7, 11) is 0. The first-order valence-electron chi connectivity index (χ1n) is 8.00. The fourth-order valence-corrected chi connectivity index (χ4v) is 3.24. The Morgan fingerprint density at radius 2 is 2.00 bits per heavy atom. The second-order valence-corrected chi connectivity index (χ2v) is 6.38. The van der Waals surface area contributed by atoms with E-state index in [4.69, 9.17) is 11.6 Å². The summed E-state index contributed by atoms with van der Waals surface area (Å²) >= 11 is 5.52. The van der Waals surface area contributed by atoms with Gasteiger partial charge in [-0.1, -0.05) is 24.3 Å². The van der Waals surface area contributed by atoms with Crippen molar-refractivity contribution in [2.45, 2.75) is 19.1 Å². The molecule has 0 radical (unpaired) electrons. The number of allylic oxidation sites excluding steroid dienone is 1. The Morgan fingerprint density at radius 3 is 2.78 bits per heavy atom. The number of para-hydroxylation sites is 1. The summed E-state index contributed by atoms with van der Waals surface area (Å²) in [6.07, 6.45) is 1.94. The van der Waals surface area contributed by atoms with Gasteiger partial charge in [-0.15, -0.1) is 0 Å². The maximum absolute atomic E-state index is 13.4. The van der Waals surface area contributed by atoms with E-state index < -0.39 is 28.6 Å². The molecule has 0 saturated heterocycles. The number of nitrogens with zero attached hydrogens (tertiary/aromatic N) is 4. The molecule has 1 amide bonds. The van der Waals surface area contributed by atoms with E-state index in [-0.39, 0.29) is 0 Å². The van der Waals surface area contributed by atoms with Crippen molar-refractivity contribution in [1.82, 2.24) is 14.9 Å². The molecular weight excluding hydrogens is 381 g/mol. The molecular formula is C18H12ClF3N4O. The molecule has 138 valence electrons. The maximum atomic E-state index is 13.4. The third kappa shape index (κ3) is 3.16. The first-order valence-corrected chi connectivity index (χ1v) is 8.37. The predicted octanol–water partition coefficient (Wildman–Crippen LogP) is 4.37. The lowest BCUT2D eigenvalue weighted by molar-refractivity contribution is -0.141. The summed E-state index contributed by atoms with van der Waals surface area (Å²) in [4.78, 5) is 23.1. The number of aromatic nitrogens is 2. The van der Waals surface area contributed by atoms with Crippen molar-refractivity contribution in [3.05, 3.63) is 76.7 Å². The van der Waals surface area contributed by atoms with Crippen LogP contribution >= 0.6 is 11.6 Å². The van der Waals surface area contributed by atoms with Gasteiger partial charge in [-0.2, -0.15) is 13.2 Å². The molecule has 0 N–H and O–H groups in total. The van der Waals surface area contributed by atoms with E-state index in [0.29, 0.717) is 18.7 Å². The summed E-state index contributed by atoms with van der Waals surface area (Å²) in [6.45, 7) is 0.519. The van der Waals surface area contributed by atoms with Gasteiger partial charge in [-0.25, -0.2) is 9.97 Å². The van der Waals surface area contributed by atoms with Gasteiger partial charge in [0.1, 0.15) is 0 Å². The largest absolute Gasteiger partial charge is 0.434 e. The van der Waals surface area contributed by atoms with Crippen molar-refractivity contribution >= 4 is 23.2 Å². The molecule has 3 heterocycles. The maximum Gasteiger partial charge on any atom is 0.434 e. The van der Waals surface area contributed by atoms with Gasteiger partial charge in [0.05, 0.1) is 11.3 Å². The summed E-state index contributed by atoms with van der Waals surface area (Å²) in [5.74, 6) is -0.868. The Hall–Kier alpha value is -2.87. The van der Waals surface area contributed by atoms with E-state index in [0.717, 1.165) is 17.5 Å². The van der Waals surface area contributed by atoms with Gasteiger partial charge in [0.25, 0.3) is 5.91 Å². The van der Waals surface area contributed by atoms with Crippen LogP contribution in [0.2, 0.25) is 5.28 Å². The van der Waals surface area contributed by atoms with Gasteiger partial charge in [-0.3, -0.25) is 9.69 Å². The molecule has 2 aromatic rings. The van der Waals surface area contributed by atoms with E-state index in [9.17, 15) is 18.0 Å². The van der Waals surface area contributed by atoms with Crippen LogP contribution in [0.15, 0.2) is 54.6 Å². The minimum atomic E-state index is -4.84. The molecule has 0 aliphatic carbocycles. The van der Waals surface area contributed by atoms with Crippen LogP contribution in [0.25, 0.3) is 0 Å². The molecule has 0 atom stereocenters. The van der Waals surface area contributed by atoms with Gasteiger partial charge in [-0.05, 0) is 23.2 Å². The van der Waals surface area contributed by atoms with E-state index in [2.05, 4.69) is 9.97 Å². The minimum absolute atomic E-state index is 0.515. The monoisotopic (exact) mass is 392 g/mol. The number of carbonyl (C=O) groups is 1.